The van der Waals surface area contributed by atoms with Crippen LogP contribution in [0.2, 0.25) is 0 Å². The summed E-state index contributed by atoms with van der Waals surface area (Å²) >= 11 is 1.74. The maximum absolute atomic E-state index is 5.77. The van der Waals surface area contributed by atoms with Crippen molar-refractivity contribution < 1.29 is 0 Å². The molecule has 0 saturated carbocycles. The lowest BCUT2D eigenvalue weighted by atomic mass is 10.1. The molecule has 2 rings (SSSR count). The molecule has 0 amide bonds. The molecular weight excluding hydrogens is 228 g/mol. The van der Waals surface area contributed by atoms with Crippen LogP contribution < -0.4 is 5.73 Å². The second kappa shape index (κ2) is 5.84. The van der Waals surface area contributed by atoms with E-state index in [0.717, 1.165) is 6.42 Å². The quantitative estimate of drug-likeness (QED) is 0.898. The van der Waals surface area contributed by atoms with E-state index >= 15 is 0 Å². The zero-order valence-corrected chi connectivity index (χ0v) is 10.7. The Balaban J connectivity index is 2.03. The number of nitrogens with zero attached hydrogens (tertiary/aromatic N) is 1. The lowest BCUT2D eigenvalue weighted by Gasteiger charge is -2.06. The molecule has 1 aromatic heterocycles. The van der Waals surface area contributed by atoms with Crippen molar-refractivity contribution in [2.75, 3.05) is 0 Å². The van der Waals surface area contributed by atoms with Crippen LogP contribution >= 0.6 is 11.8 Å². The first-order valence-electron chi connectivity index (χ1n) is 5.66. The number of pyridine rings is 1. The number of benzene rings is 1. The van der Waals surface area contributed by atoms with Crippen molar-refractivity contribution in [3.63, 3.8) is 0 Å². The van der Waals surface area contributed by atoms with Gasteiger partial charge in [-0.25, -0.2) is 0 Å². The molecule has 0 radical (unpaired) electrons. The van der Waals surface area contributed by atoms with Gasteiger partial charge in [0.05, 0.1) is 0 Å². The van der Waals surface area contributed by atoms with Gasteiger partial charge in [0.15, 0.2) is 0 Å². The largest absolute Gasteiger partial charge is 0.328 e. The minimum atomic E-state index is 0.216. The molecule has 0 spiro atoms. The van der Waals surface area contributed by atoms with Crippen LogP contribution in [0.3, 0.4) is 0 Å². The minimum absolute atomic E-state index is 0.216. The standard InChI is InChI=1S/C14H16N2S/c1-11(15)10-12-2-4-13(5-3-12)17-14-6-8-16-9-7-14/h2-9,11H,10,15H2,1H3. The van der Waals surface area contributed by atoms with Crippen LogP contribution in [-0.4, -0.2) is 11.0 Å². The van der Waals surface area contributed by atoms with Crippen molar-refractivity contribution >= 4 is 11.8 Å². The van der Waals surface area contributed by atoms with Crippen molar-refractivity contribution in [3.8, 4) is 0 Å². The number of hydrogen-bond donors (Lipinski definition) is 1. The van der Waals surface area contributed by atoms with Crippen molar-refractivity contribution in [1.82, 2.24) is 4.98 Å². The predicted octanol–water partition coefficient (Wildman–Crippen LogP) is 3.12. The van der Waals surface area contributed by atoms with Crippen molar-refractivity contribution in [3.05, 3.63) is 54.4 Å². The normalized spacial score (nSPS) is 12.4. The fourth-order valence-electron chi connectivity index (χ4n) is 1.61. The maximum Gasteiger partial charge on any atom is 0.0279 e. The first-order valence-corrected chi connectivity index (χ1v) is 6.48. The van der Waals surface area contributed by atoms with E-state index in [9.17, 15) is 0 Å². The Labute approximate surface area is 106 Å². The van der Waals surface area contributed by atoms with Gasteiger partial charge in [-0.3, -0.25) is 4.98 Å². The summed E-state index contributed by atoms with van der Waals surface area (Å²) in [6.45, 7) is 2.03. The van der Waals surface area contributed by atoms with Gasteiger partial charge < -0.3 is 5.73 Å². The average Bonchev–Trinajstić information content (AvgIpc) is 2.32. The third-order valence-corrected chi connectivity index (χ3v) is 3.38. The van der Waals surface area contributed by atoms with Crippen LogP contribution in [-0.2, 0) is 6.42 Å². The number of hydrogen-bond acceptors (Lipinski definition) is 3. The Bertz CT molecular complexity index is 451. The van der Waals surface area contributed by atoms with Gasteiger partial charge in [-0.15, -0.1) is 0 Å². The Morgan fingerprint density at radius 2 is 1.65 bits per heavy atom. The highest BCUT2D eigenvalue weighted by molar-refractivity contribution is 7.99. The molecule has 17 heavy (non-hydrogen) atoms. The van der Waals surface area contributed by atoms with Gasteiger partial charge in [0.25, 0.3) is 0 Å². The van der Waals surface area contributed by atoms with Crippen LogP contribution in [0.1, 0.15) is 12.5 Å². The maximum atomic E-state index is 5.77. The van der Waals surface area contributed by atoms with Gasteiger partial charge in [-0.2, -0.15) is 0 Å². The molecule has 2 nitrogen and oxygen atoms in total. The molecule has 1 atom stereocenters. The lowest BCUT2D eigenvalue weighted by Crippen LogP contribution is -2.17. The van der Waals surface area contributed by atoms with Gasteiger partial charge >= 0.3 is 0 Å². The van der Waals surface area contributed by atoms with Gasteiger partial charge in [0, 0.05) is 28.2 Å². The molecular formula is C14H16N2S. The lowest BCUT2D eigenvalue weighted by molar-refractivity contribution is 0.737. The second-order valence-electron chi connectivity index (χ2n) is 4.11. The smallest absolute Gasteiger partial charge is 0.0279 e. The van der Waals surface area contributed by atoms with E-state index in [2.05, 4.69) is 29.2 Å². The molecule has 88 valence electrons. The molecule has 1 unspecified atom stereocenters. The number of nitrogens with two attached hydrogens (primary N) is 1. The highest BCUT2D eigenvalue weighted by atomic mass is 32.2. The van der Waals surface area contributed by atoms with Crippen molar-refractivity contribution in [1.29, 1.82) is 0 Å². The van der Waals surface area contributed by atoms with E-state index in [0.29, 0.717) is 0 Å². The summed E-state index contributed by atoms with van der Waals surface area (Å²) in [4.78, 5) is 6.46. The summed E-state index contributed by atoms with van der Waals surface area (Å²) in [5.41, 5.74) is 7.06. The van der Waals surface area contributed by atoms with E-state index < -0.39 is 0 Å². The summed E-state index contributed by atoms with van der Waals surface area (Å²) in [6, 6.07) is 12.8. The van der Waals surface area contributed by atoms with Crippen LogP contribution in [0.5, 0.6) is 0 Å². The van der Waals surface area contributed by atoms with E-state index in [4.69, 9.17) is 5.73 Å². The molecule has 0 saturated heterocycles. The third kappa shape index (κ3) is 3.88. The highest BCUT2D eigenvalue weighted by Gasteiger charge is 2.00. The summed E-state index contributed by atoms with van der Waals surface area (Å²) in [7, 11) is 0. The van der Waals surface area contributed by atoms with Crippen LogP contribution in [0.15, 0.2) is 58.6 Å². The van der Waals surface area contributed by atoms with Crippen molar-refractivity contribution in [2.45, 2.75) is 29.2 Å². The van der Waals surface area contributed by atoms with Gasteiger partial charge in [0.2, 0.25) is 0 Å². The SMILES string of the molecule is CC(N)Cc1ccc(Sc2ccncc2)cc1. The third-order valence-electron chi connectivity index (χ3n) is 2.37. The first kappa shape index (κ1) is 12.1. The summed E-state index contributed by atoms with van der Waals surface area (Å²) in [5, 5.41) is 0. The number of rotatable bonds is 4. The Morgan fingerprint density at radius 3 is 2.24 bits per heavy atom. The van der Waals surface area contributed by atoms with Crippen LogP contribution in [0.25, 0.3) is 0 Å². The second-order valence-corrected chi connectivity index (χ2v) is 5.26. The minimum Gasteiger partial charge on any atom is -0.328 e. The highest BCUT2D eigenvalue weighted by Crippen LogP contribution is 2.27. The average molecular weight is 244 g/mol. The topological polar surface area (TPSA) is 38.9 Å². The summed E-state index contributed by atoms with van der Waals surface area (Å²) in [6.07, 6.45) is 4.56. The summed E-state index contributed by atoms with van der Waals surface area (Å²) < 4.78 is 0. The zero-order chi connectivity index (χ0) is 12.1. The van der Waals surface area contributed by atoms with E-state index in [1.807, 2.05) is 31.5 Å². The van der Waals surface area contributed by atoms with Crippen LogP contribution in [0, 0.1) is 0 Å². The van der Waals surface area contributed by atoms with Crippen molar-refractivity contribution in [2.24, 2.45) is 5.73 Å². The molecule has 2 N–H and O–H groups in total. The van der Waals surface area contributed by atoms with E-state index in [-0.39, 0.29) is 6.04 Å². The number of aromatic nitrogens is 1. The van der Waals surface area contributed by atoms with Gasteiger partial charge in [-0.1, -0.05) is 23.9 Å². The predicted molar refractivity (Wildman–Crippen MR) is 72.2 cm³/mol. The fourth-order valence-corrected chi connectivity index (χ4v) is 2.41. The Kier molecular flexibility index (Phi) is 4.18. The monoisotopic (exact) mass is 244 g/mol. The van der Waals surface area contributed by atoms with E-state index in [1.165, 1.54) is 15.4 Å². The molecule has 1 heterocycles. The van der Waals surface area contributed by atoms with E-state index in [1.54, 1.807) is 11.8 Å². The molecule has 0 bridgehead atoms. The van der Waals surface area contributed by atoms with Crippen LogP contribution in [0.4, 0.5) is 0 Å². The molecule has 2 aromatic rings. The van der Waals surface area contributed by atoms with Gasteiger partial charge in [-0.05, 0) is 43.2 Å². The summed E-state index contributed by atoms with van der Waals surface area (Å²) in [5.74, 6) is 0. The zero-order valence-electron chi connectivity index (χ0n) is 9.84. The fraction of sp³-hybridized carbons (Fsp3) is 0.214. The molecule has 0 fully saturated rings. The molecule has 3 heteroatoms. The Hall–Kier alpha value is -1.32. The molecule has 0 aliphatic rings. The molecule has 0 aliphatic carbocycles. The first-order chi connectivity index (χ1) is 8.24. The molecule has 1 aromatic carbocycles. The van der Waals surface area contributed by atoms with Gasteiger partial charge in [0.1, 0.15) is 0 Å². The molecule has 0 aliphatic heterocycles. The Morgan fingerprint density at radius 1 is 1.06 bits per heavy atom.